The first kappa shape index (κ1) is 24.9. The Kier molecular flexibility index (Phi) is 7.73. The SMILES string of the molecule is C=CCC#CO[C@H]1CC[C@@]2(C)C(=CC[C@H]3[C@@H]4CC[C@H]([C@H](C)CCCC(C)C)[C@@]4(C)CC[C@@H]32)C1. The first-order chi connectivity index (χ1) is 15.8. The monoisotopic (exact) mass is 450 g/mol. The Hall–Kier alpha value is -1.16. The second-order valence-electron chi connectivity index (χ2n) is 13.0. The van der Waals surface area contributed by atoms with Crippen molar-refractivity contribution in [3.05, 3.63) is 24.3 Å². The van der Waals surface area contributed by atoms with Gasteiger partial charge < -0.3 is 4.74 Å². The summed E-state index contributed by atoms with van der Waals surface area (Å²) in [5.41, 5.74) is 2.69. The largest absolute Gasteiger partial charge is 0.443 e. The first-order valence-corrected chi connectivity index (χ1v) is 14.2. The standard InChI is InChI=1S/C32H50O/c1-7-8-9-21-33-26-17-19-31(5)25(22-26)13-14-27-29-16-15-28(24(4)12-10-11-23(2)3)32(29,6)20-18-30(27)31/h7,13,23-24,26-30H,1,8,10-12,14-20,22H2,2-6H3/t24-,26+,27+,28-,29+,30+,31+,32-/m1/s1. The van der Waals surface area contributed by atoms with Crippen LogP contribution in [0.5, 0.6) is 0 Å². The zero-order valence-corrected chi connectivity index (χ0v) is 22.3. The third-order valence-electron chi connectivity index (χ3n) is 10.8. The topological polar surface area (TPSA) is 9.23 Å². The predicted octanol–water partition coefficient (Wildman–Crippen LogP) is 8.95. The van der Waals surface area contributed by atoms with Gasteiger partial charge in [-0.1, -0.05) is 77.5 Å². The van der Waals surface area contributed by atoms with Crippen molar-refractivity contribution >= 4 is 0 Å². The summed E-state index contributed by atoms with van der Waals surface area (Å²) in [4.78, 5) is 0. The van der Waals surface area contributed by atoms with Gasteiger partial charge in [-0.25, -0.2) is 0 Å². The Morgan fingerprint density at radius 1 is 1.09 bits per heavy atom. The highest BCUT2D eigenvalue weighted by Crippen LogP contribution is 2.67. The van der Waals surface area contributed by atoms with Gasteiger partial charge in [0.15, 0.2) is 0 Å². The Morgan fingerprint density at radius 2 is 1.91 bits per heavy atom. The zero-order valence-electron chi connectivity index (χ0n) is 22.3. The maximum absolute atomic E-state index is 5.94. The lowest BCUT2D eigenvalue weighted by Crippen LogP contribution is -2.50. The van der Waals surface area contributed by atoms with E-state index < -0.39 is 0 Å². The average Bonchev–Trinajstić information content (AvgIpc) is 3.14. The number of hydrogen-bond acceptors (Lipinski definition) is 1. The summed E-state index contributed by atoms with van der Waals surface area (Å²) in [5, 5.41) is 0. The summed E-state index contributed by atoms with van der Waals surface area (Å²) in [6.07, 6.45) is 23.5. The van der Waals surface area contributed by atoms with Crippen LogP contribution in [0.25, 0.3) is 0 Å². The molecule has 0 aliphatic heterocycles. The number of rotatable bonds is 7. The van der Waals surface area contributed by atoms with Crippen LogP contribution in [-0.4, -0.2) is 6.10 Å². The summed E-state index contributed by atoms with van der Waals surface area (Å²) >= 11 is 0. The van der Waals surface area contributed by atoms with E-state index >= 15 is 0 Å². The molecule has 0 aromatic heterocycles. The Labute approximate surface area is 205 Å². The molecular formula is C32H50O. The van der Waals surface area contributed by atoms with Crippen molar-refractivity contribution in [1.82, 2.24) is 0 Å². The summed E-state index contributed by atoms with van der Waals surface area (Å²) in [6.45, 7) is 16.4. The fourth-order valence-corrected chi connectivity index (χ4v) is 8.99. The zero-order chi connectivity index (χ0) is 23.6. The van der Waals surface area contributed by atoms with Crippen molar-refractivity contribution in [3.63, 3.8) is 0 Å². The molecule has 4 aliphatic rings. The number of allylic oxidation sites excluding steroid dienone is 2. The lowest BCUT2D eigenvalue weighted by Gasteiger charge is -2.58. The van der Waals surface area contributed by atoms with Crippen molar-refractivity contribution in [1.29, 1.82) is 0 Å². The minimum atomic E-state index is 0.287. The van der Waals surface area contributed by atoms with E-state index in [-0.39, 0.29) is 6.10 Å². The Morgan fingerprint density at radius 3 is 2.67 bits per heavy atom. The van der Waals surface area contributed by atoms with Gasteiger partial charge in [0.05, 0.1) is 0 Å². The van der Waals surface area contributed by atoms with Gasteiger partial charge >= 0.3 is 0 Å². The second-order valence-corrected chi connectivity index (χ2v) is 13.0. The molecular weight excluding hydrogens is 400 g/mol. The van der Waals surface area contributed by atoms with E-state index in [1.165, 1.54) is 57.8 Å². The molecule has 0 N–H and O–H groups in total. The van der Waals surface area contributed by atoms with Crippen molar-refractivity contribution < 1.29 is 4.74 Å². The van der Waals surface area contributed by atoms with Crippen LogP contribution in [-0.2, 0) is 4.74 Å². The van der Waals surface area contributed by atoms with Gasteiger partial charge in [-0.3, -0.25) is 0 Å². The van der Waals surface area contributed by atoms with Crippen molar-refractivity contribution in [2.75, 3.05) is 0 Å². The molecule has 3 fully saturated rings. The average molecular weight is 451 g/mol. The second kappa shape index (κ2) is 10.2. The highest BCUT2D eigenvalue weighted by Gasteiger charge is 2.59. The van der Waals surface area contributed by atoms with E-state index in [9.17, 15) is 0 Å². The molecule has 0 heterocycles. The number of hydrogen-bond donors (Lipinski definition) is 0. The minimum absolute atomic E-state index is 0.287. The third-order valence-corrected chi connectivity index (χ3v) is 10.8. The molecule has 0 spiro atoms. The molecule has 4 aliphatic carbocycles. The van der Waals surface area contributed by atoms with E-state index in [0.717, 1.165) is 48.3 Å². The van der Waals surface area contributed by atoms with E-state index in [4.69, 9.17) is 4.74 Å². The lowest BCUT2D eigenvalue weighted by atomic mass is 9.47. The lowest BCUT2D eigenvalue weighted by molar-refractivity contribution is -0.0572. The maximum Gasteiger partial charge on any atom is 0.114 e. The third kappa shape index (κ3) is 4.83. The van der Waals surface area contributed by atoms with Gasteiger partial charge in [0.2, 0.25) is 0 Å². The molecule has 0 unspecified atom stereocenters. The molecule has 1 heteroatoms. The van der Waals surface area contributed by atoms with E-state index in [2.05, 4.69) is 59.3 Å². The van der Waals surface area contributed by atoms with Crippen LogP contribution in [0, 0.1) is 58.4 Å². The van der Waals surface area contributed by atoms with E-state index in [1.807, 2.05) is 6.08 Å². The van der Waals surface area contributed by atoms with Crippen LogP contribution >= 0.6 is 0 Å². The number of fused-ring (bicyclic) bond motifs is 5. The van der Waals surface area contributed by atoms with Crippen LogP contribution in [0.3, 0.4) is 0 Å². The van der Waals surface area contributed by atoms with Gasteiger partial charge in [0, 0.05) is 12.8 Å². The van der Waals surface area contributed by atoms with E-state index in [0.29, 0.717) is 17.3 Å². The van der Waals surface area contributed by atoms with Gasteiger partial charge in [-0.2, -0.15) is 0 Å². The van der Waals surface area contributed by atoms with Crippen LogP contribution < -0.4 is 0 Å². The predicted molar refractivity (Wildman–Crippen MR) is 141 cm³/mol. The van der Waals surface area contributed by atoms with Crippen molar-refractivity contribution in [2.45, 2.75) is 118 Å². The molecule has 0 aromatic rings. The first-order valence-electron chi connectivity index (χ1n) is 14.2. The fourth-order valence-electron chi connectivity index (χ4n) is 8.99. The van der Waals surface area contributed by atoms with Crippen molar-refractivity contribution in [3.8, 4) is 12.0 Å². The Bertz CT molecular complexity index is 780. The molecule has 0 bridgehead atoms. The summed E-state index contributed by atoms with van der Waals surface area (Å²) in [6, 6.07) is 0. The van der Waals surface area contributed by atoms with Crippen molar-refractivity contribution in [2.24, 2.45) is 46.3 Å². The Balaban J connectivity index is 1.43. The molecule has 0 aromatic carbocycles. The quantitative estimate of drug-likeness (QED) is 0.278. The maximum atomic E-state index is 5.94. The smallest absolute Gasteiger partial charge is 0.114 e. The minimum Gasteiger partial charge on any atom is -0.443 e. The fraction of sp³-hybridized carbons (Fsp3) is 0.812. The van der Waals surface area contributed by atoms with Gasteiger partial charge in [-0.05, 0) is 91.3 Å². The van der Waals surface area contributed by atoms with Gasteiger partial charge in [0.1, 0.15) is 12.2 Å². The summed E-state index contributed by atoms with van der Waals surface area (Å²) in [5.74, 6) is 8.51. The molecule has 184 valence electrons. The molecule has 0 radical (unpaired) electrons. The van der Waals surface area contributed by atoms with Gasteiger partial charge in [0.25, 0.3) is 0 Å². The van der Waals surface area contributed by atoms with Crippen LogP contribution in [0.4, 0.5) is 0 Å². The molecule has 3 saturated carbocycles. The molecule has 8 atom stereocenters. The van der Waals surface area contributed by atoms with Crippen LogP contribution in [0.15, 0.2) is 24.3 Å². The molecule has 0 amide bonds. The normalized spacial score (nSPS) is 40.5. The van der Waals surface area contributed by atoms with E-state index in [1.54, 1.807) is 5.57 Å². The molecule has 4 rings (SSSR count). The molecule has 33 heavy (non-hydrogen) atoms. The van der Waals surface area contributed by atoms with Crippen LogP contribution in [0.1, 0.15) is 112 Å². The highest BCUT2D eigenvalue weighted by atomic mass is 16.5. The highest BCUT2D eigenvalue weighted by molar-refractivity contribution is 5.25. The molecule has 0 saturated heterocycles. The molecule has 1 nitrogen and oxygen atoms in total. The van der Waals surface area contributed by atoms with Crippen LogP contribution in [0.2, 0.25) is 0 Å². The number of ether oxygens (including phenoxy) is 1. The summed E-state index contributed by atoms with van der Waals surface area (Å²) < 4.78 is 5.94. The van der Waals surface area contributed by atoms with Gasteiger partial charge in [-0.15, -0.1) is 6.58 Å². The summed E-state index contributed by atoms with van der Waals surface area (Å²) in [7, 11) is 0.